The second-order valence-electron chi connectivity index (χ2n) is 5.33. The normalized spacial score (nSPS) is 12.0. The number of hydrogen-bond donors (Lipinski definition) is 1. The smallest absolute Gasteiger partial charge is 0.232 e. The second kappa shape index (κ2) is 11.2. The summed E-state index contributed by atoms with van der Waals surface area (Å²) in [7, 11) is 5.71. The minimum atomic E-state index is -3.38. The van der Waals surface area contributed by atoms with Crippen LogP contribution in [0.3, 0.4) is 0 Å². The highest BCUT2D eigenvalue weighted by molar-refractivity contribution is 8.13. The third kappa shape index (κ3) is 10.9. The lowest BCUT2D eigenvalue weighted by Crippen LogP contribution is -2.08. The van der Waals surface area contributed by atoms with Crippen LogP contribution in [0.15, 0.2) is 57.7 Å². The van der Waals surface area contributed by atoms with Gasteiger partial charge < -0.3 is 10.2 Å². The summed E-state index contributed by atoms with van der Waals surface area (Å²) in [5.74, 6) is 0.00140. The van der Waals surface area contributed by atoms with Gasteiger partial charge in [0.2, 0.25) is 9.05 Å². The van der Waals surface area contributed by atoms with E-state index < -0.39 is 9.05 Å². The van der Waals surface area contributed by atoms with E-state index in [1.165, 1.54) is 11.8 Å². The summed E-state index contributed by atoms with van der Waals surface area (Å²) >= 11 is 1.35. The van der Waals surface area contributed by atoms with Crippen LogP contribution in [0.1, 0.15) is 12.8 Å². The molecule has 0 fully saturated rings. The minimum Gasteiger partial charge on any atom is -0.390 e. The van der Waals surface area contributed by atoms with Crippen molar-refractivity contribution in [1.29, 1.82) is 0 Å². The number of rotatable bonds is 11. The predicted molar refractivity (Wildman–Crippen MR) is 108 cm³/mol. The van der Waals surface area contributed by atoms with E-state index in [9.17, 15) is 8.42 Å². The van der Waals surface area contributed by atoms with E-state index in [-0.39, 0.29) is 5.75 Å². The van der Waals surface area contributed by atoms with Gasteiger partial charge in [-0.3, -0.25) is 0 Å². The van der Waals surface area contributed by atoms with Crippen LogP contribution in [-0.4, -0.2) is 34.8 Å². The van der Waals surface area contributed by atoms with Gasteiger partial charge in [-0.25, -0.2) is 8.42 Å². The maximum absolute atomic E-state index is 10.7. The Balaban J connectivity index is 2.23. The van der Waals surface area contributed by atoms with Crippen LogP contribution in [0, 0.1) is 0 Å². The van der Waals surface area contributed by atoms with Crippen molar-refractivity contribution in [3.63, 3.8) is 0 Å². The molecule has 25 heavy (non-hydrogen) atoms. The number of anilines is 1. The van der Waals surface area contributed by atoms with Gasteiger partial charge in [0, 0.05) is 43.2 Å². The fourth-order valence-corrected chi connectivity index (χ4v) is 2.99. The van der Waals surface area contributed by atoms with Gasteiger partial charge in [0.25, 0.3) is 0 Å². The van der Waals surface area contributed by atoms with E-state index in [0.29, 0.717) is 18.0 Å². The van der Waals surface area contributed by atoms with Gasteiger partial charge in [-0.05, 0) is 42.5 Å². The van der Waals surface area contributed by atoms with E-state index in [0.717, 1.165) is 17.8 Å². The molecule has 0 aliphatic rings. The van der Waals surface area contributed by atoms with Gasteiger partial charge in [0.1, 0.15) is 5.03 Å². The fraction of sp³-hybridized carbons (Fsp3) is 0.375. The molecular weight excluding hydrogens is 380 g/mol. The lowest BCUT2D eigenvalue weighted by Gasteiger charge is -2.11. The Hall–Kier alpha value is -1.51. The SMILES string of the molecule is C=C(N=Nc1ccc(N(C)C)cc1)SC=CNCCCCS(=O)(=O)Cl. The van der Waals surface area contributed by atoms with Crippen LogP contribution in [0.25, 0.3) is 0 Å². The van der Waals surface area contributed by atoms with Crippen LogP contribution in [-0.2, 0) is 9.05 Å². The average molecular weight is 403 g/mol. The van der Waals surface area contributed by atoms with Crippen molar-refractivity contribution in [1.82, 2.24) is 5.32 Å². The minimum absolute atomic E-state index is 0.00140. The zero-order chi connectivity index (χ0) is 18.7. The summed E-state index contributed by atoms with van der Waals surface area (Å²) in [6, 6.07) is 7.75. The van der Waals surface area contributed by atoms with Crippen molar-refractivity contribution in [3.8, 4) is 0 Å². The maximum Gasteiger partial charge on any atom is 0.232 e. The van der Waals surface area contributed by atoms with Gasteiger partial charge in [0.05, 0.1) is 11.4 Å². The van der Waals surface area contributed by atoms with Gasteiger partial charge in [0.15, 0.2) is 0 Å². The molecule has 0 spiro atoms. The Morgan fingerprint density at radius 2 is 2.00 bits per heavy atom. The first-order valence-electron chi connectivity index (χ1n) is 7.63. The molecule has 1 aromatic rings. The third-order valence-corrected chi connectivity index (χ3v) is 4.86. The summed E-state index contributed by atoms with van der Waals surface area (Å²) in [6.45, 7) is 4.50. The first-order valence-corrected chi connectivity index (χ1v) is 11.0. The average Bonchev–Trinajstić information content (AvgIpc) is 2.54. The lowest BCUT2D eigenvalue weighted by molar-refractivity contribution is 0.604. The van der Waals surface area contributed by atoms with Gasteiger partial charge in [-0.1, -0.05) is 18.3 Å². The zero-order valence-electron chi connectivity index (χ0n) is 14.4. The number of unbranched alkanes of at least 4 members (excludes halogenated alkanes) is 1. The number of azo groups is 1. The summed E-state index contributed by atoms with van der Waals surface area (Å²) in [4.78, 5) is 2.02. The first kappa shape index (κ1) is 21.5. The number of nitrogens with one attached hydrogen (secondary N) is 1. The largest absolute Gasteiger partial charge is 0.390 e. The molecule has 6 nitrogen and oxygen atoms in total. The highest BCUT2D eigenvalue weighted by Gasteiger charge is 2.03. The standard InChI is InChI=1S/C16H23ClN4O2S2/c1-14(19-20-15-6-8-16(9-7-15)21(2)3)24-12-11-18-10-4-5-13-25(17,22)23/h6-9,11-12,18H,1,4-5,10,13H2,2-3H3. The Bertz CT molecular complexity index is 701. The van der Waals surface area contributed by atoms with Gasteiger partial charge in [-0.2, -0.15) is 5.11 Å². The number of hydrogen-bond acceptors (Lipinski definition) is 7. The van der Waals surface area contributed by atoms with Gasteiger partial charge >= 0.3 is 0 Å². The van der Waals surface area contributed by atoms with Crippen molar-refractivity contribution in [2.24, 2.45) is 10.2 Å². The third-order valence-electron chi connectivity index (χ3n) is 2.99. The number of benzene rings is 1. The van der Waals surface area contributed by atoms with E-state index in [1.54, 1.807) is 6.20 Å². The maximum atomic E-state index is 10.7. The molecule has 1 rings (SSSR count). The molecule has 0 heterocycles. The molecule has 0 aliphatic carbocycles. The highest BCUT2D eigenvalue weighted by atomic mass is 35.7. The molecule has 0 saturated heterocycles. The van der Waals surface area contributed by atoms with Crippen LogP contribution >= 0.6 is 22.4 Å². The van der Waals surface area contributed by atoms with E-state index in [2.05, 4.69) is 22.1 Å². The van der Waals surface area contributed by atoms with Crippen molar-refractivity contribution in [2.45, 2.75) is 12.8 Å². The van der Waals surface area contributed by atoms with Crippen LogP contribution < -0.4 is 10.2 Å². The molecule has 0 amide bonds. The quantitative estimate of drug-likeness (QED) is 0.336. The summed E-state index contributed by atoms with van der Waals surface area (Å²) in [6.07, 6.45) is 3.03. The Morgan fingerprint density at radius 1 is 1.32 bits per heavy atom. The zero-order valence-corrected chi connectivity index (χ0v) is 16.7. The summed E-state index contributed by atoms with van der Waals surface area (Å²) in [5.41, 5.74) is 1.87. The monoisotopic (exact) mass is 402 g/mol. The molecule has 1 aromatic carbocycles. The molecule has 0 unspecified atom stereocenters. The van der Waals surface area contributed by atoms with E-state index >= 15 is 0 Å². The van der Waals surface area contributed by atoms with Crippen LogP contribution in [0.4, 0.5) is 11.4 Å². The predicted octanol–water partition coefficient (Wildman–Crippen LogP) is 4.45. The van der Waals surface area contributed by atoms with E-state index in [1.807, 2.05) is 48.7 Å². The first-order chi connectivity index (χ1) is 11.8. The van der Waals surface area contributed by atoms with Gasteiger partial charge in [-0.15, -0.1) is 5.11 Å². The molecule has 0 atom stereocenters. The summed E-state index contributed by atoms with van der Waals surface area (Å²) in [5, 5.41) is 13.6. The molecule has 0 saturated carbocycles. The summed E-state index contributed by atoms with van der Waals surface area (Å²) < 4.78 is 21.5. The number of halogens is 1. The van der Waals surface area contributed by atoms with Crippen molar-refractivity contribution in [3.05, 3.63) is 47.5 Å². The molecule has 138 valence electrons. The van der Waals surface area contributed by atoms with E-state index in [4.69, 9.17) is 10.7 Å². The molecule has 0 aliphatic heterocycles. The number of nitrogens with zero attached hydrogens (tertiary/aromatic N) is 3. The Labute approximate surface area is 158 Å². The van der Waals surface area contributed by atoms with Crippen molar-refractivity contribution >= 4 is 42.9 Å². The van der Waals surface area contributed by atoms with Crippen molar-refractivity contribution in [2.75, 3.05) is 31.3 Å². The molecule has 0 aromatic heterocycles. The number of thioether (sulfide) groups is 1. The molecular formula is C16H23ClN4O2S2. The Kier molecular flexibility index (Phi) is 9.62. The fourth-order valence-electron chi connectivity index (χ4n) is 1.70. The van der Waals surface area contributed by atoms with Crippen molar-refractivity contribution < 1.29 is 8.42 Å². The highest BCUT2D eigenvalue weighted by Crippen LogP contribution is 2.22. The second-order valence-corrected chi connectivity index (χ2v) is 9.20. The molecule has 9 heteroatoms. The lowest BCUT2D eigenvalue weighted by atomic mass is 10.3. The topological polar surface area (TPSA) is 74.1 Å². The van der Waals surface area contributed by atoms with Crippen LogP contribution in [0.5, 0.6) is 0 Å². The Morgan fingerprint density at radius 3 is 2.60 bits per heavy atom. The molecule has 1 N–H and O–H groups in total. The molecule has 0 radical (unpaired) electrons. The van der Waals surface area contributed by atoms with Crippen LogP contribution in [0.2, 0.25) is 0 Å². The molecule has 0 bridgehead atoms.